The summed E-state index contributed by atoms with van der Waals surface area (Å²) in [6, 6.07) is 10.6. The summed E-state index contributed by atoms with van der Waals surface area (Å²) in [5.74, 6) is -0.484. The van der Waals surface area contributed by atoms with E-state index in [0.29, 0.717) is 28.3 Å². The Morgan fingerprint density at radius 2 is 2.13 bits per heavy atom. The summed E-state index contributed by atoms with van der Waals surface area (Å²) in [6.07, 6.45) is 3.73. The third kappa shape index (κ3) is 4.47. The molecule has 3 aromatic rings. The number of anilines is 1. The van der Waals surface area contributed by atoms with Crippen molar-refractivity contribution in [1.82, 2.24) is 9.97 Å². The van der Waals surface area contributed by atoms with Crippen molar-refractivity contribution in [1.29, 1.82) is 0 Å². The molecule has 4 rings (SSSR count). The molecule has 8 nitrogen and oxygen atoms in total. The molecular formula is C22H20ClN3O5. The fraction of sp³-hybridized carbons (Fsp3) is 0.182. The SMILES string of the molecule is O=C1C(C(O)OCCCO)=C(Nc2ccccc2Cl)O/C1=C\c1c[nH]c2ncccc12. The molecular weight excluding hydrogens is 422 g/mol. The molecule has 0 spiro atoms. The Morgan fingerprint density at radius 3 is 2.94 bits per heavy atom. The summed E-state index contributed by atoms with van der Waals surface area (Å²) < 4.78 is 11.1. The van der Waals surface area contributed by atoms with Gasteiger partial charge in [-0.1, -0.05) is 23.7 Å². The molecule has 1 aromatic carbocycles. The monoisotopic (exact) mass is 441 g/mol. The minimum absolute atomic E-state index is 0.0131. The van der Waals surface area contributed by atoms with Crippen LogP contribution in [-0.4, -0.2) is 45.5 Å². The minimum atomic E-state index is -1.54. The molecule has 1 aliphatic rings. The van der Waals surface area contributed by atoms with Crippen molar-refractivity contribution in [3.8, 4) is 0 Å². The highest BCUT2D eigenvalue weighted by Gasteiger charge is 2.36. The summed E-state index contributed by atoms with van der Waals surface area (Å²) in [4.78, 5) is 20.4. The second-order valence-corrected chi connectivity index (χ2v) is 7.14. The van der Waals surface area contributed by atoms with E-state index in [9.17, 15) is 9.90 Å². The number of aromatic amines is 1. The maximum atomic E-state index is 13.1. The predicted octanol–water partition coefficient (Wildman–Crippen LogP) is 3.20. The fourth-order valence-electron chi connectivity index (χ4n) is 3.12. The highest BCUT2D eigenvalue weighted by Crippen LogP contribution is 2.33. The number of rotatable bonds is 8. The average molecular weight is 442 g/mol. The molecule has 0 fully saturated rings. The molecule has 31 heavy (non-hydrogen) atoms. The third-order valence-electron chi connectivity index (χ3n) is 4.64. The van der Waals surface area contributed by atoms with Crippen LogP contribution >= 0.6 is 11.6 Å². The van der Waals surface area contributed by atoms with E-state index >= 15 is 0 Å². The lowest BCUT2D eigenvalue weighted by molar-refractivity contribution is -0.119. The topological polar surface area (TPSA) is 117 Å². The maximum absolute atomic E-state index is 13.1. The van der Waals surface area contributed by atoms with Crippen LogP contribution in [0.4, 0.5) is 5.69 Å². The van der Waals surface area contributed by atoms with Crippen LogP contribution < -0.4 is 5.32 Å². The van der Waals surface area contributed by atoms with Crippen molar-refractivity contribution < 1.29 is 24.5 Å². The summed E-state index contributed by atoms with van der Waals surface area (Å²) in [7, 11) is 0. The highest BCUT2D eigenvalue weighted by molar-refractivity contribution is 6.33. The number of fused-ring (bicyclic) bond motifs is 1. The van der Waals surface area contributed by atoms with Gasteiger partial charge in [-0.25, -0.2) is 4.98 Å². The van der Waals surface area contributed by atoms with Crippen molar-refractivity contribution in [3.05, 3.63) is 76.6 Å². The van der Waals surface area contributed by atoms with Gasteiger partial charge in [-0.15, -0.1) is 0 Å². The van der Waals surface area contributed by atoms with Gasteiger partial charge in [-0.05, 0) is 36.8 Å². The predicted molar refractivity (Wildman–Crippen MR) is 116 cm³/mol. The van der Waals surface area contributed by atoms with Crippen LogP contribution in [0, 0.1) is 0 Å². The van der Waals surface area contributed by atoms with Crippen molar-refractivity contribution in [3.63, 3.8) is 0 Å². The van der Waals surface area contributed by atoms with E-state index in [-0.39, 0.29) is 30.4 Å². The van der Waals surface area contributed by atoms with Gasteiger partial charge in [0.1, 0.15) is 11.2 Å². The Bertz CT molecular complexity index is 1170. The summed E-state index contributed by atoms with van der Waals surface area (Å²) in [6.45, 7) is -0.0261. The number of carbonyl (C=O) groups is 1. The number of halogens is 1. The number of para-hydroxylation sites is 1. The second kappa shape index (κ2) is 9.32. The van der Waals surface area contributed by atoms with Gasteiger partial charge in [0, 0.05) is 30.0 Å². The average Bonchev–Trinajstić information content (AvgIpc) is 3.31. The number of aliphatic hydroxyl groups excluding tert-OH is 2. The van der Waals surface area contributed by atoms with Crippen molar-refractivity contribution in [2.75, 3.05) is 18.5 Å². The van der Waals surface area contributed by atoms with E-state index in [2.05, 4.69) is 15.3 Å². The number of hydrogen-bond acceptors (Lipinski definition) is 7. The molecule has 2 aromatic heterocycles. The Hall–Kier alpha value is -3.17. The number of allylic oxidation sites excluding steroid dienone is 1. The number of hydrogen-bond donors (Lipinski definition) is 4. The van der Waals surface area contributed by atoms with Crippen LogP contribution in [0.15, 0.2) is 66.0 Å². The minimum Gasteiger partial charge on any atom is -0.436 e. The zero-order valence-electron chi connectivity index (χ0n) is 16.3. The number of Topliss-reactive ketones (excluding diaryl/α,β-unsaturated/α-hetero) is 1. The molecule has 0 bridgehead atoms. The van der Waals surface area contributed by atoms with Crippen LogP contribution in [0.25, 0.3) is 17.1 Å². The first-order valence-electron chi connectivity index (χ1n) is 9.61. The number of ketones is 1. The van der Waals surface area contributed by atoms with Gasteiger partial charge in [-0.3, -0.25) is 4.79 Å². The summed E-state index contributed by atoms with van der Waals surface area (Å²) in [5, 5.41) is 23.6. The van der Waals surface area contributed by atoms with Crippen molar-refractivity contribution in [2.24, 2.45) is 0 Å². The highest BCUT2D eigenvalue weighted by atomic mass is 35.5. The van der Waals surface area contributed by atoms with Crippen LogP contribution in [0.3, 0.4) is 0 Å². The quantitative estimate of drug-likeness (QED) is 0.241. The molecule has 1 unspecified atom stereocenters. The Kier molecular flexibility index (Phi) is 6.34. The lowest BCUT2D eigenvalue weighted by Crippen LogP contribution is -2.22. The van der Waals surface area contributed by atoms with E-state index < -0.39 is 12.1 Å². The van der Waals surface area contributed by atoms with Crippen LogP contribution in [-0.2, 0) is 14.3 Å². The molecule has 4 N–H and O–H groups in total. The first-order chi connectivity index (χ1) is 15.1. The lowest BCUT2D eigenvalue weighted by atomic mass is 10.1. The van der Waals surface area contributed by atoms with E-state index in [1.54, 1.807) is 48.8 Å². The van der Waals surface area contributed by atoms with E-state index in [1.165, 1.54) is 0 Å². The van der Waals surface area contributed by atoms with E-state index in [1.807, 2.05) is 6.07 Å². The number of ether oxygens (including phenoxy) is 2. The number of pyridine rings is 1. The molecule has 0 saturated heterocycles. The van der Waals surface area contributed by atoms with Crippen LogP contribution in [0.5, 0.6) is 0 Å². The van der Waals surface area contributed by atoms with Crippen LogP contribution in [0.2, 0.25) is 5.02 Å². The molecule has 3 heterocycles. The molecule has 0 saturated carbocycles. The standard InChI is InChI=1S/C22H20ClN3O5/c23-15-6-1-2-7-16(15)26-21-18(22(29)30-10-4-9-27)19(28)17(31-21)11-13-12-25-20-14(13)5-3-8-24-20/h1-3,5-8,11-12,22,26-27,29H,4,9-10H2,(H,24,25)/b17-11-. The largest absolute Gasteiger partial charge is 0.436 e. The van der Waals surface area contributed by atoms with Gasteiger partial charge in [0.05, 0.1) is 17.3 Å². The van der Waals surface area contributed by atoms with Gasteiger partial charge in [0.25, 0.3) is 0 Å². The molecule has 9 heteroatoms. The Labute approximate surface area is 182 Å². The lowest BCUT2D eigenvalue weighted by Gasteiger charge is -2.14. The van der Waals surface area contributed by atoms with Gasteiger partial charge < -0.3 is 30.0 Å². The third-order valence-corrected chi connectivity index (χ3v) is 4.97. The van der Waals surface area contributed by atoms with Crippen LogP contribution in [0.1, 0.15) is 12.0 Å². The summed E-state index contributed by atoms with van der Waals surface area (Å²) >= 11 is 6.21. The first-order valence-corrected chi connectivity index (χ1v) is 9.99. The van der Waals surface area contributed by atoms with Gasteiger partial charge in [0.2, 0.25) is 11.7 Å². The number of nitrogens with zero attached hydrogens (tertiary/aromatic N) is 1. The van der Waals surface area contributed by atoms with E-state index in [0.717, 1.165) is 5.39 Å². The molecule has 1 atom stereocenters. The maximum Gasteiger partial charge on any atom is 0.234 e. The number of H-pyrrole nitrogens is 1. The molecule has 1 aliphatic heterocycles. The van der Waals surface area contributed by atoms with Gasteiger partial charge >= 0.3 is 0 Å². The molecule has 0 aliphatic carbocycles. The number of aromatic nitrogens is 2. The fourth-order valence-corrected chi connectivity index (χ4v) is 3.31. The normalized spacial score (nSPS) is 16.2. The molecule has 0 radical (unpaired) electrons. The van der Waals surface area contributed by atoms with Crippen molar-refractivity contribution in [2.45, 2.75) is 12.7 Å². The first kappa shape index (κ1) is 21.1. The number of aliphatic hydroxyl groups is 2. The number of carbonyl (C=O) groups excluding carboxylic acids is 1. The zero-order valence-corrected chi connectivity index (χ0v) is 17.1. The number of benzene rings is 1. The van der Waals surface area contributed by atoms with Gasteiger partial charge in [0.15, 0.2) is 12.0 Å². The summed E-state index contributed by atoms with van der Waals surface area (Å²) in [5.41, 5.74) is 1.81. The van der Waals surface area contributed by atoms with Crippen molar-refractivity contribution >= 4 is 40.2 Å². The Balaban J connectivity index is 1.67. The zero-order chi connectivity index (χ0) is 21.8. The van der Waals surface area contributed by atoms with E-state index in [4.69, 9.17) is 26.2 Å². The molecule has 160 valence electrons. The smallest absolute Gasteiger partial charge is 0.234 e. The van der Waals surface area contributed by atoms with Gasteiger partial charge in [-0.2, -0.15) is 0 Å². The number of nitrogens with one attached hydrogen (secondary N) is 2. The molecule has 0 amide bonds. The second-order valence-electron chi connectivity index (χ2n) is 6.73. The Morgan fingerprint density at radius 1 is 1.29 bits per heavy atom.